The fourth-order valence-corrected chi connectivity index (χ4v) is 1.76. The van der Waals surface area contributed by atoms with Crippen LogP contribution >= 0.6 is 11.6 Å². The Bertz CT molecular complexity index is 312. The average Bonchev–Trinajstić information content (AvgIpc) is 2.04. The molecule has 0 atom stereocenters. The van der Waals surface area contributed by atoms with Gasteiger partial charge in [-0.25, -0.2) is 4.39 Å². The van der Waals surface area contributed by atoms with Gasteiger partial charge in [0.1, 0.15) is 5.82 Å². The molecule has 0 radical (unpaired) electrons. The first kappa shape index (κ1) is 8.02. The molecule has 0 fully saturated rings. The molecule has 1 aromatic rings. The summed E-state index contributed by atoms with van der Waals surface area (Å²) in [5, 5.41) is 3.65. The second-order valence-corrected chi connectivity index (χ2v) is 3.39. The minimum atomic E-state index is -0.168. The van der Waals surface area contributed by atoms with Crippen LogP contribution in [0.5, 0.6) is 0 Å². The van der Waals surface area contributed by atoms with Crippen molar-refractivity contribution in [1.29, 1.82) is 0 Å². The third-order valence-corrected chi connectivity index (χ3v) is 2.34. The minimum absolute atomic E-state index is 0.168. The molecule has 0 unspecified atom stereocenters. The van der Waals surface area contributed by atoms with E-state index in [1.54, 1.807) is 0 Å². The summed E-state index contributed by atoms with van der Waals surface area (Å²) in [5.41, 5.74) is 1.81. The van der Waals surface area contributed by atoms with Crippen LogP contribution in [0, 0.1) is 5.82 Å². The lowest BCUT2D eigenvalue weighted by atomic mass is 10.0. The number of fused-ring (bicyclic) bond motifs is 1. The first-order valence-corrected chi connectivity index (χ1v) is 4.32. The Morgan fingerprint density at radius 1 is 1.42 bits per heavy atom. The van der Waals surface area contributed by atoms with Crippen LogP contribution in [0.25, 0.3) is 0 Å². The first-order valence-electron chi connectivity index (χ1n) is 3.95. The fourth-order valence-electron chi connectivity index (χ4n) is 1.53. The minimum Gasteiger partial charge on any atom is -0.312 e. The predicted octanol–water partition coefficient (Wildman–Crippen LogP) is 2.12. The largest absolute Gasteiger partial charge is 0.312 e. The monoisotopic (exact) mass is 185 g/mol. The predicted molar refractivity (Wildman–Crippen MR) is 46.8 cm³/mol. The van der Waals surface area contributed by atoms with Crippen LogP contribution in [0.3, 0.4) is 0 Å². The first-order chi connectivity index (χ1) is 5.77. The summed E-state index contributed by atoms with van der Waals surface area (Å²) in [5.74, 6) is -0.168. The Kier molecular flexibility index (Phi) is 2.03. The summed E-state index contributed by atoms with van der Waals surface area (Å²) in [6.07, 6.45) is 0.762. The van der Waals surface area contributed by atoms with Crippen molar-refractivity contribution in [1.82, 2.24) is 5.32 Å². The molecule has 0 amide bonds. The van der Waals surface area contributed by atoms with E-state index in [0.29, 0.717) is 5.02 Å². The van der Waals surface area contributed by atoms with Gasteiger partial charge in [-0.1, -0.05) is 11.6 Å². The summed E-state index contributed by atoms with van der Waals surface area (Å²) < 4.78 is 13.2. The molecule has 1 N–H and O–H groups in total. The van der Waals surface area contributed by atoms with Gasteiger partial charge in [0.05, 0.1) is 0 Å². The van der Waals surface area contributed by atoms with Crippen molar-refractivity contribution >= 4 is 11.6 Å². The quantitative estimate of drug-likeness (QED) is 0.653. The van der Waals surface area contributed by atoms with Gasteiger partial charge >= 0.3 is 0 Å². The molecule has 3 heteroatoms. The maximum atomic E-state index is 13.2. The summed E-state index contributed by atoms with van der Waals surface area (Å²) in [7, 11) is 0. The van der Waals surface area contributed by atoms with E-state index < -0.39 is 0 Å². The molecular formula is C9H9ClFN. The van der Waals surface area contributed by atoms with Gasteiger partial charge in [0.2, 0.25) is 0 Å². The zero-order valence-corrected chi connectivity index (χ0v) is 7.29. The summed E-state index contributed by atoms with van der Waals surface area (Å²) in [6.45, 7) is 1.58. The highest BCUT2D eigenvalue weighted by Crippen LogP contribution is 2.22. The van der Waals surface area contributed by atoms with Gasteiger partial charge in [0.25, 0.3) is 0 Å². The van der Waals surface area contributed by atoms with E-state index >= 15 is 0 Å². The van der Waals surface area contributed by atoms with Gasteiger partial charge < -0.3 is 5.32 Å². The number of rotatable bonds is 0. The van der Waals surface area contributed by atoms with Crippen molar-refractivity contribution in [2.24, 2.45) is 0 Å². The van der Waals surface area contributed by atoms with Gasteiger partial charge in [-0.05, 0) is 36.2 Å². The second-order valence-electron chi connectivity index (χ2n) is 2.95. The van der Waals surface area contributed by atoms with Gasteiger partial charge in [-0.3, -0.25) is 0 Å². The molecule has 1 aromatic carbocycles. The Morgan fingerprint density at radius 3 is 3.08 bits per heavy atom. The SMILES string of the molecule is Fc1cc(Cl)cc2c1CCNC2. The molecule has 1 aliphatic heterocycles. The number of nitrogens with one attached hydrogen (secondary N) is 1. The van der Waals surface area contributed by atoms with E-state index in [4.69, 9.17) is 11.6 Å². The van der Waals surface area contributed by atoms with Crippen LogP contribution in [-0.2, 0) is 13.0 Å². The standard InChI is InChI=1S/C9H9ClFN/c10-7-3-6-5-12-2-1-8(6)9(11)4-7/h3-4,12H,1-2,5H2. The lowest BCUT2D eigenvalue weighted by Gasteiger charge is -2.17. The van der Waals surface area contributed by atoms with E-state index in [1.165, 1.54) is 6.07 Å². The average molecular weight is 186 g/mol. The summed E-state index contributed by atoms with van der Waals surface area (Å²) in [6, 6.07) is 3.21. The number of benzene rings is 1. The normalized spacial score (nSPS) is 15.8. The summed E-state index contributed by atoms with van der Waals surface area (Å²) in [4.78, 5) is 0. The van der Waals surface area contributed by atoms with E-state index in [0.717, 1.165) is 30.6 Å². The van der Waals surface area contributed by atoms with Crippen molar-refractivity contribution in [3.05, 3.63) is 34.1 Å². The Balaban J connectivity index is 2.53. The second kappa shape index (κ2) is 3.04. The smallest absolute Gasteiger partial charge is 0.128 e. The molecule has 0 spiro atoms. The lowest BCUT2D eigenvalue weighted by Crippen LogP contribution is -2.24. The maximum Gasteiger partial charge on any atom is 0.128 e. The molecule has 0 saturated carbocycles. The number of hydrogen-bond acceptors (Lipinski definition) is 1. The fraction of sp³-hybridized carbons (Fsp3) is 0.333. The third kappa shape index (κ3) is 1.32. The Labute approximate surface area is 75.5 Å². The summed E-state index contributed by atoms with van der Waals surface area (Å²) >= 11 is 5.71. The van der Waals surface area contributed by atoms with Crippen LogP contribution in [0.4, 0.5) is 4.39 Å². The molecule has 0 aliphatic carbocycles. The highest BCUT2D eigenvalue weighted by atomic mass is 35.5. The van der Waals surface area contributed by atoms with Crippen molar-refractivity contribution in [3.63, 3.8) is 0 Å². The van der Waals surface area contributed by atoms with Crippen LogP contribution < -0.4 is 5.32 Å². The molecule has 64 valence electrons. The Hall–Kier alpha value is -0.600. The number of halogens is 2. The zero-order valence-electron chi connectivity index (χ0n) is 6.53. The van der Waals surface area contributed by atoms with Crippen LogP contribution in [0.15, 0.2) is 12.1 Å². The van der Waals surface area contributed by atoms with Crippen LogP contribution in [0.1, 0.15) is 11.1 Å². The molecule has 0 bridgehead atoms. The van der Waals surface area contributed by atoms with Crippen molar-refractivity contribution in [3.8, 4) is 0 Å². The molecule has 0 aromatic heterocycles. The zero-order chi connectivity index (χ0) is 8.55. The molecule has 1 nitrogen and oxygen atoms in total. The van der Waals surface area contributed by atoms with E-state index in [-0.39, 0.29) is 5.82 Å². The lowest BCUT2D eigenvalue weighted by molar-refractivity contribution is 0.569. The van der Waals surface area contributed by atoms with Crippen LogP contribution in [-0.4, -0.2) is 6.54 Å². The molecule has 0 saturated heterocycles. The van der Waals surface area contributed by atoms with Gasteiger partial charge in [-0.15, -0.1) is 0 Å². The highest BCUT2D eigenvalue weighted by Gasteiger charge is 2.13. The maximum absolute atomic E-state index is 13.2. The van der Waals surface area contributed by atoms with Gasteiger partial charge in [0, 0.05) is 11.6 Å². The molecular weight excluding hydrogens is 177 g/mol. The molecule has 12 heavy (non-hydrogen) atoms. The topological polar surface area (TPSA) is 12.0 Å². The third-order valence-electron chi connectivity index (χ3n) is 2.12. The molecule has 1 heterocycles. The van der Waals surface area contributed by atoms with Crippen molar-refractivity contribution in [2.75, 3.05) is 6.54 Å². The number of hydrogen-bond donors (Lipinski definition) is 1. The van der Waals surface area contributed by atoms with E-state index in [2.05, 4.69) is 5.32 Å². The van der Waals surface area contributed by atoms with Crippen molar-refractivity contribution < 1.29 is 4.39 Å². The van der Waals surface area contributed by atoms with E-state index in [1.807, 2.05) is 6.07 Å². The van der Waals surface area contributed by atoms with Crippen LogP contribution in [0.2, 0.25) is 5.02 Å². The van der Waals surface area contributed by atoms with E-state index in [9.17, 15) is 4.39 Å². The highest BCUT2D eigenvalue weighted by molar-refractivity contribution is 6.30. The van der Waals surface area contributed by atoms with Crippen molar-refractivity contribution in [2.45, 2.75) is 13.0 Å². The Morgan fingerprint density at radius 2 is 2.25 bits per heavy atom. The van der Waals surface area contributed by atoms with Gasteiger partial charge in [-0.2, -0.15) is 0 Å². The molecule has 2 rings (SSSR count). The molecule has 1 aliphatic rings. The van der Waals surface area contributed by atoms with Gasteiger partial charge in [0.15, 0.2) is 0 Å².